The SMILES string of the molecule is CNC(=S)OCCSCc1nccs1. The van der Waals surface area contributed by atoms with Crippen LogP contribution in [0.4, 0.5) is 0 Å². The van der Waals surface area contributed by atoms with Crippen LogP contribution in [-0.4, -0.2) is 29.6 Å². The van der Waals surface area contributed by atoms with Crippen molar-refractivity contribution < 1.29 is 4.74 Å². The molecule has 14 heavy (non-hydrogen) atoms. The molecular weight excluding hydrogens is 236 g/mol. The van der Waals surface area contributed by atoms with Crippen LogP contribution in [0.2, 0.25) is 0 Å². The fraction of sp³-hybridized carbons (Fsp3) is 0.500. The zero-order chi connectivity index (χ0) is 10.2. The number of aromatic nitrogens is 1. The van der Waals surface area contributed by atoms with E-state index in [1.165, 1.54) is 0 Å². The van der Waals surface area contributed by atoms with E-state index in [1.807, 2.05) is 11.6 Å². The molecule has 0 atom stereocenters. The van der Waals surface area contributed by atoms with Crippen molar-refractivity contribution in [2.75, 3.05) is 19.4 Å². The minimum absolute atomic E-state index is 0.458. The first-order valence-corrected chi connectivity index (χ1v) is 6.58. The summed E-state index contributed by atoms with van der Waals surface area (Å²) < 4.78 is 5.19. The Balaban J connectivity index is 1.97. The Labute approximate surface area is 97.3 Å². The van der Waals surface area contributed by atoms with Crippen molar-refractivity contribution in [3.05, 3.63) is 16.6 Å². The predicted molar refractivity (Wildman–Crippen MR) is 65.9 cm³/mol. The van der Waals surface area contributed by atoms with Gasteiger partial charge in [-0.15, -0.1) is 11.3 Å². The second-order valence-electron chi connectivity index (χ2n) is 2.36. The topological polar surface area (TPSA) is 34.1 Å². The Bertz CT molecular complexity index is 264. The van der Waals surface area contributed by atoms with Crippen LogP contribution in [0.25, 0.3) is 0 Å². The molecule has 0 fully saturated rings. The molecule has 1 heterocycles. The summed E-state index contributed by atoms with van der Waals surface area (Å²) in [5.41, 5.74) is 0. The summed E-state index contributed by atoms with van der Waals surface area (Å²) in [7, 11) is 1.76. The number of rotatable bonds is 5. The van der Waals surface area contributed by atoms with Gasteiger partial charge in [0.15, 0.2) is 0 Å². The van der Waals surface area contributed by atoms with E-state index in [0.717, 1.165) is 16.5 Å². The molecular formula is C8H12N2OS3. The molecule has 1 N–H and O–H groups in total. The Hall–Kier alpha value is -0.330. The van der Waals surface area contributed by atoms with E-state index in [-0.39, 0.29) is 0 Å². The van der Waals surface area contributed by atoms with E-state index in [2.05, 4.69) is 10.3 Å². The Morgan fingerprint density at radius 3 is 3.29 bits per heavy atom. The molecule has 1 aromatic rings. The molecule has 0 spiro atoms. The van der Waals surface area contributed by atoms with Gasteiger partial charge >= 0.3 is 0 Å². The molecule has 0 radical (unpaired) electrons. The van der Waals surface area contributed by atoms with Gasteiger partial charge in [-0.3, -0.25) is 0 Å². The highest BCUT2D eigenvalue weighted by Gasteiger charge is 1.96. The fourth-order valence-electron chi connectivity index (χ4n) is 0.749. The van der Waals surface area contributed by atoms with E-state index in [0.29, 0.717) is 11.8 Å². The first kappa shape index (κ1) is 11.7. The van der Waals surface area contributed by atoms with Gasteiger partial charge in [0.1, 0.15) is 5.01 Å². The summed E-state index contributed by atoms with van der Waals surface area (Å²) in [5.74, 6) is 1.88. The van der Waals surface area contributed by atoms with Gasteiger partial charge in [0, 0.05) is 30.1 Å². The average Bonchev–Trinajstić information content (AvgIpc) is 2.69. The third-order valence-electron chi connectivity index (χ3n) is 1.37. The Morgan fingerprint density at radius 1 is 1.79 bits per heavy atom. The van der Waals surface area contributed by atoms with E-state index in [1.54, 1.807) is 30.1 Å². The van der Waals surface area contributed by atoms with Crippen LogP contribution in [0.15, 0.2) is 11.6 Å². The highest BCUT2D eigenvalue weighted by Crippen LogP contribution is 2.13. The summed E-state index contributed by atoms with van der Waals surface area (Å²) >= 11 is 8.31. The normalized spacial score (nSPS) is 9.79. The third-order valence-corrected chi connectivity index (χ3v) is 3.59. The van der Waals surface area contributed by atoms with Crippen LogP contribution >= 0.6 is 35.3 Å². The average molecular weight is 248 g/mol. The highest BCUT2D eigenvalue weighted by molar-refractivity contribution is 7.98. The maximum atomic E-state index is 5.19. The quantitative estimate of drug-likeness (QED) is 0.636. The zero-order valence-corrected chi connectivity index (χ0v) is 10.3. The van der Waals surface area contributed by atoms with Gasteiger partial charge in [0.2, 0.25) is 0 Å². The molecule has 0 unspecified atom stereocenters. The lowest BCUT2D eigenvalue weighted by atomic mass is 10.8. The standard InChI is InChI=1S/C8H12N2OS3/c1-9-8(12)11-3-5-13-6-7-10-2-4-14-7/h2,4H,3,5-6H2,1H3,(H,9,12). The van der Waals surface area contributed by atoms with E-state index in [4.69, 9.17) is 17.0 Å². The molecule has 6 heteroatoms. The van der Waals surface area contributed by atoms with E-state index >= 15 is 0 Å². The van der Waals surface area contributed by atoms with Crippen LogP contribution < -0.4 is 5.32 Å². The molecule has 0 bridgehead atoms. The molecule has 78 valence electrons. The van der Waals surface area contributed by atoms with Crippen molar-refractivity contribution in [2.45, 2.75) is 5.75 Å². The molecule has 0 aliphatic rings. The number of ether oxygens (including phenoxy) is 1. The number of thioether (sulfide) groups is 1. The third kappa shape index (κ3) is 4.78. The van der Waals surface area contributed by atoms with Gasteiger partial charge in [-0.1, -0.05) is 0 Å². The van der Waals surface area contributed by atoms with Crippen molar-refractivity contribution in [3.8, 4) is 0 Å². The number of thiazole rings is 1. The highest BCUT2D eigenvalue weighted by atomic mass is 32.2. The Morgan fingerprint density at radius 2 is 2.64 bits per heavy atom. The first-order valence-electron chi connectivity index (χ1n) is 4.13. The van der Waals surface area contributed by atoms with Gasteiger partial charge in [-0.25, -0.2) is 4.98 Å². The fourth-order valence-corrected chi connectivity index (χ4v) is 2.35. The van der Waals surface area contributed by atoms with Gasteiger partial charge in [-0.05, 0) is 12.2 Å². The number of nitrogens with one attached hydrogen (secondary N) is 1. The summed E-state index contributed by atoms with van der Waals surface area (Å²) in [6, 6.07) is 0. The van der Waals surface area contributed by atoms with Crippen molar-refractivity contribution >= 4 is 40.5 Å². The smallest absolute Gasteiger partial charge is 0.256 e. The second kappa shape index (κ2) is 7.03. The van der Waals surface area contributed by atoms with Gasteiger partial charge in [0.05, 0.1) is 6.61 Å². The van der Waals surface area contributed by atoms with Crippen LogP contribution in [0.3, 0.4) is 0 Å². The molecule has 3 nitrogen and oxygen atoms in total. The lowest BCUT2D eigenvalue weighted by molar-refractivity contribution is 0.327. The first-order chi connectivity index (χ1) is 6.83. The van der Waals surface area contributed by atoms with Crippen LogP contribution in [0.1, 0.15) is 5.01 Å². The molecule has 0 aromatic carbocycles. The number of hydrogen-bond acceptors (Lipinski definition) is 5. The van der Waals surface area contributed by atoms with Gasteiger partial charge in [-0.2, -0.15) is 11.8 Å². The van der Waals surface area contributed by atoms with Crippen LogP contribution in [0, 0.1) is 0 Å². The minimum Gasteiger partial charge on any atom is -0.470 e. The summed E-state index contributed by atoms with van der Waals surface area (Å²) in [4.78, 5) is 4.18. The maximum Gasteiger partial charge on any atom is 0.256 e. The molecule has 1 rings (SSSR count). The number of hydrogen-bond donors (Lipinski definition) is 1. The van der Waals surface area contributed by atoms with Crippen LogP contribution in [0.5, 0.6) is 0 Å². The molecule has 1 aromatic heterocycles. The van der Waals surface area contributed by atoms with E-state index in [9.17, 15) is 0 Å². The molecule has 0 amide bonds. The van der Waals surface area contributed by atoms with Crippen molar-refractivity contribution in [1.29, 1.82) is 0 Å². The predicted octanol–water partition coefficient (Wildman–Crippen LogP) is 1.90. The van der Waals surface area contributed by atoms with Gasteiger partial charge < -0.3 is 10.1 Å². The summed E-state index contributed by atoms with van der Waals surface area (Å²) in [6.07, 6.45) is 1.83. The van der Waals surface area contributed by atoms with Crippen LogP contribution in [-0.2, 0) is 10.5 Å². The zero-order valence-electron chi connectivity index (χ0n) is 7.86. The Kier molecular flexibility index (Phi) is 5.89. The second-order valence-corrected chi connectivity index (χ2v) is 4.82. The summed E-state index contributed by atoms with van der Waals surface area (Å²) in [6.45, 7) is 0.649. The molecule has 0 saturated carbocycles. The van der Waals surface area contributed by atoms with Crippen molar-refractivity contribution in [1.82, 2.24) is 10.3 Å². The minimum atomic E-state index is 0.458. The number of nitrogens with zero attached hydrogens (tertiary/aromatic N) is 1. The van der Waals surface area contributed by atoms with E-state index < -0.39 is 0 Å². The monoisotopic (exact) mass is 248 g/mol. The largest absolute Gasteiger partial charge is 0.470 e. The lowest BCUT2D eigenvalue weighted by Crippen LogP contribution is -2.19. The maximum absolute atomic E-state index is 5.19. The lowest BCUT2D eigenvalue weighted by Gasteiger charge is -2.04. The molecule has 0 saturated heterocycles. The summed E-state index contributed by atoms with van der Waals surface area (Å²) in [5, 5.41) is 6.36. The molecule has 0 aliphatic carbocycles. The van der Waals surface area contributed by atoms with Gasteiger partial charge in [0.25, 0.3) is 5.17 Å². The van der Waals surface area contributed by atoms with Crippen molar-refractivity contribution in [3.63, 3.8) is 0 Å². The molecule has 0 aliphatic heterocycles. The number of thiocarbonyl (C=S) groups is 1. The van der Waals surface area contributed by atoms with Crippen molar-refractivity contribution in [2.24, 2.45) is 0 Å².